The average molecular weight is 414 g/mol. The molecule has 0 bridgehead atoms. The minimum atomic E-state index is -4.40. The van der Waals surface area contributed by atoms with Gasteiger partial charge in [-0.1, -0.05) is 65.2 Å². The molecule has 6 heteroatoms. The van der Waals surface area contributed by atoms with Gasteiger partial charge in [0.05, 0.1) is 10.0 Å². The van der Waals surface area contributed by atoms with Gasteiger partial charge in [-0.2, -0.15) is 13.2 Å². The Bertz CT molecular complexity index is 881. The lowest BCUT2D eigenvalue weighted by Crippen LogP contribution is -2.07. The molecule has 0 fully saturated rings. The van der Waals surface area contributed by atoms with Gasteiger partial charge >= 0.3 is 5.51 Å². The summed E-state index contributed by atoms with van der Waals surface area (Å²) in [5.74, 6) is 0. The van der Waals surface area contributed by atoms with Crippen LogP contribution >= 0.6 is 35.0 Å². The fourth-order valence-corrected chi connectivity index (χ4v) is 3.90. The second kappa shape index (κ2) is 7.71. The summed E-state index contributed by atoms with van der Waals surface area (Å²) >= 11 is 11.9. The molecular weight excluding hydrogens is 400 g/mol. The van der Waals surface area contributed by atoms with Crippen molar-refractivity contribution in [2.45, 2.75) is 18.9 Å². The Kier molecular flexibility index (Phi) is 5.75. The van der Waals surface area contributed by atoms with Crippen LogP contribution in [0, 0.1) is 13.3 Å². The SMILES string of the molecule is Cc1ccc(C2=CC[CH]C(c3ccc(Cl)c(Cl)c3)=C2SC(F)(F)F)cc1. The predicted octanol–water partition coefficient (Wildman–Crippen LogP) is 7.96. The first-order valence-electron chi connectivity index (χ1n) is 7.81. The van der Waals surface area contributed by atoms with E-state index in [1.54, 1.807) is 24.6 Å². The summed E-state index contributed by atoms with van der Waals surface area (Å²) in [4.78, 5) is 0.172. The van der Waals surface area contributed by atoms with Crippen LogP contribution in [0.25, 0.3) is 11.1 Å². The van der Waals surface area contributed by atoms with Crippen LogP contribution < -0.4 is 0 Å². The van der Waals surface area contributed by atoms with Crippen LogP contribution in [0.5, 0.6) is 0 Å². The molecule has 0 saturated heterocycles. The average Bonchev–Trinajstić information content (AvgIpc) is 2.57. The third-order valence-corrected chi connectivity index (χ3v) is 5.56. The zero-order valence-electron chi connectivity index (χ0n) is 13.7. The van der Waals surface area contributed by atoms with E-state index < -0.39 is 5.51 Å². The first-order valence-corrected chi connectivity index (χ1v) is 9.38. The van der Waals surface area contributed by atoms with E-state index in [-0.39, 0.29) is 16.7 Å². The molecule has 0 aliphatic heterocycles. The third kappa shape index (κ3) is 4.48. The summed E-state index contributed by atoms with van der Waals surface area (Å²) in [5.41, 5.74) is -0.877. The van der Waals surface area contributed by atoms with E-state index in [1.165, 1.54) is 0 Å². The van der Waals surface area contributed by atoms with Crippen molar-refractivity contribution in [1.29, 1.82) is 0 Å². The molecule has 3 rings (SSSR count). The van der Waals surface area contributed by atoms with E-state index in [0.29, 0.717) is 33.2 Å². The number of hydrogen-bond acceptors (Lipinski definition) is 1. The standard InChI is InChI=1S/C20H14Cl2F3S/c1-12-5-7-13(8-6-12)15-3-2-4-16(19(15)26-20(23,24)25)14-9-10-17(21)18(22)11-14/h3-11H,2H2,1H3. The summed E-state index contributed by atoms with van der Waals surface area (Å²) in [6, 6.07) is 12.4. The van der Waals surface area contributed by atoms with Crippen LogP contribution in [0.15, 0.2) is 53.4 Å². The first kappa shape index (κ1) is 19.4. The van der Waals surface area contributed by atoms with Crippen molar-refractivity contribution in [1.82, 2.24) is 0 Å². The number of halogens is 5. The van der Waals surface area contributed by atoms with Crippen LogP contribution in [0.3, 0.4) is 0 Å². The molecule has 0 N–H and O–H groups in total. The van der Waals surface area contributed by atoms with Crippen molar-refractivity contribution in [2.24, 2.45) is 0 Å². The van der Waals surface area contributed by atoms with Gasteiger partial charge in [0, 0.05) is 4.91 Å². The van der Waals surface area contributed by atoms with Gasteiger partial charge in [0.2, 0.25) is 0 Å². The van der Waals surface area contributed by atoms with Crippen LogP contribution in [0.4, 0.5) is 13.2 Å². The maximum atomic E-state index is 13.3. The van der Waals surface area contributed by atoms with Crippen molar-refractivity contribution >= 4 is 46.1 Å². The van der Waals surface area contributed by atoms with Crippen LogP contribution in [-0.4, -0.2) is 5.51 Å². The van der Waals surface area contributed by atoms with Crippen molar-refractivity contribution in [3.8, 4) is 0 Å². The number of alkyl halides is 3. The van der Waals surface area contributed by atoms with Gasteiger partial charge in [0.15, 0.2) is 0 Å². The maximum absolute atomic E-state index is 13.3. The van der Waals surface area contributed by atoms with Crippen molar-refractivity contribution in [2.75, 3.05) is 0 Å². The molecule has 0 spiro atoms. The van der Waals surface area contributed by atoms with E-state index in [4.69, 9.17) is 23.2 Å². The lowest BCUT2D eigenvalue weighted by Gasteiger charge is -2.23. The lowest BCUT2D eigenvalue weighted by atomic mass is 9.90. The van der Waals surface area contributed by atoms with Gasteiger partial charge in [0.25, 0.3) is 0 Å². The summed E-state index contributed by atoms with van der Waals surface area (Å²) in [5, 5.41) is 0.680. The molecule has 2 aromatic rings. The second-order valence-corrected chi connectivity index (χ2v) is 7.73. The summed E-state index contributed by atoms with van der Waals surface area (Å²) in [6.45, 7) is 1.94. The Morgan fingerprint density at radius 3 is 2.19 bits per heavy atom. The van der Waals surface area contributed by atoms with Crippen molar-refractivity contribution in [3.63, 3.8) is 0 Å². The molecule has 0 aromatic heterocycles. The zero-order valence-corrected chi connectivity index (χ0v) is 16.0. The topological polar surface area (TPSA) is 0 Å². The highest BCUT2D eigenvalue weighted by atomic mass is 35.5. The normalized spacial score (nSPS) is 15.2. The van der Waals surface area contributed by atoms with E-state index in [0.717, 1.165) is 11.1 Å². The van der Waals surface area contributed by atoms with E-state index >= 15 is 0 Å². The van der Waals surface area contributed by atoms with Crippen LogP contribution in [0.1, 0.15) is 23.1 Å². The highest BCUT2D eigenvalue weighted by Crippen LogP contribution is 2.49. The Morgan fingerprint density at radius 1 is 0.923 bits per heavy atom. The van der Waals surface area contributed by atoms with Crippen LogP contribution in [-0.2, 0) is 0 Å². The molecule has 0 saturated carbocycles. The minimum Gasteiger partial charge on any atom is -0.160 e. The van der Waals surface area contributed by atoms with E-state index in [2.05, 4.69) is 0 Å². The molecule has 0 unspecified atom stereocenters. The molecular formula is C20H14Cl2F3S. The Hall–Kier alpha value is -1.36. The molecule has 26 heavy (non-hydrogen) atoms. The van der Waals surface area contributed by atoms with Crippen molar-refractivity contribution < 1.29 is 13.2 Å². The quantitative estimate of drug-likeness (QED) is 0.491. The summed E-state index contributed by atoms with van der Waals surface area (Å²) < 4.78 is 39.8. The number of rotatable bonds is 3. The number of benzene rings is 2. The Balaban J connectivity index is 2.14. The first-order chi connectivity index (χ1) is 12.2. The lowest BCUT2D eigenvalue weighted by molar-refractivity contribution is -0.0321. The maximum Gasteiger partial charge on any atom is 0.446 e. The largest absolute Gasteiger partial charge is 0.446 e. The number of allylic oxidation sites excluding steroid dienone is 3. The molecule has 0 atom stereocenters. The molecule has 0 heterocycles. The highest BCUT2D eigenvalue weighted by molar-refractivity contribution is 8.04. The van der Waals surface area contributed by atoms with E-state index in [9.17, 15) is 13.2 Å². The highest BCUT2D eigenvalue weighted by Gasteiger charge is 2.34. The smallest absolute Gasteiger partial charge is 0.160 e. The predicted molar refractivity (Wildman–Crippen MR) is 105 cm³/mol. The number of aryl methyl sites for hydroxylation is 1. The van der Waals surface area contributed by atoms with Gasteiger partial charge in [-0.15, -0.1) is 0 Å². The molecule has 1 radical (unpaired) electrons. The van der Waals surface area contributed by atoms with Gasteiger partial charge < -0.3 is 0 Å². The fraction of sp³-hybridized carbons (Fsp3) is 0.150. The third-order valence-electron chi connectivity index (χ3n) is 3.94. The Morgan fingerprint density at radius 2 is 1.58 bits per heavy atom. The molecule has 0 nitrogen and oxygen atoms in total. The van der Waals surface area contributed by atoms with E-state index in [1.807, 2.05) is 37.3 Å². The Labute approximate surface area is 164 Å². The van der Waals surface area contributed by atoms with Gasteiger partial charge in [-0.05, 0) is 65.9 Å². The second-order valence-electron chi connectivity index (χ2n) is 5.84. The van der Waals surface area contributed by atoms with Gasteiger partial charge in [-0.25, -0.2) is 0 Å². The molecule has 1 aliphatic rings. The fourth-order valence-electron chi connectivity index (χ4n) is 2.75. The molecule has 1 aliphatic carbocycles. The molecule has 0 amide bonds. The molecule has 2 aromatic carbocycles. The van der Waals surface area contributed by atoms with Crippen LogP contribution in [0.2, 0.25) is 10.0 Å². The van der Waals surface area contributed by atoms with Gasteiger partial charge in [0.1, 0.15) is 0 Å². The summed E-state index contributed by atoms with van der Waals surface area (Å²) in [6.07, 6.45) is 4.14. The zero-order chi connectivity index (χ0) is 18.9. The minimum absolute atomic E-state index is 0.0982. The number of thioether (sulfide) groups is 1. The monoisotopic (exact) mass is 413 g/mol. The number of hydrogen-bond donors (Lipinski definition) is 0. The molecule has 135 valence electrons. The van der Waals surface area contributed by atoms with Crippen molar-refractivity contribution in [3.05, 3.63) is 86.6 Å². The summed E-state index contributed by atoms with van der Waals surface area (Å²) in [7, 11) is 0. The van der Waals surface area contributed by atoms with Gasteiger partial charge in [-0.3, -0.25) is 0 Å².